The van der Waals surface area contributed by atoms with E-state index in [9.17, 15) is 0 Å². The van der Waals surface area contributed by atoms with Gasteiger partial charge in [0.15, 0.2) is 0 Å². The summed E-state index contributed by atoms with van der Waals surface area (Å²) in [6.07, 6.45) is 5.43. The van der Waals surface area contributed by atoms with Gasteiger partial charge in [0, 0.05) is 28.7 Å². The quantitative estimate of drug-likeness (QED) is 0.677. The van der Waals surface area contributed by atoms with E-state index in [1.807, 2.05) is 29.0 Å². The lowest BCUT2D eigenvalue weighted by molar-refractivity contribution is 0.986. The van der Waals surface area contributed by atoms with Gasteiger partial charge in [0.05, 0.1) is 5.52 Å². The molecule has 0 aliphatic rings. The summed E-state index contributed by atoms with van der Waals surface area (Å²) in [4.78, 5) is 8.74. The molecule has 1 aromatic carbocycles. The van der Waals surface area contributed by atoms with Crippen LogP contribution in [0.25, 0.3) is 16.7 Å². The molecule has 0 saturated heterocycles. The fourth-order valence-electron chi connectivity index (χ4n) is 1.86. The van der Waals surface area contributed by atoms with Crippen LogP contribution in [-0.2, 0) is 5.33 Å². The van der Waals surface area contributed by atoms with Gasteiger partial charge in [0.1, 0.15) is 12.1 Å². The summed E-state index contributed by atoms with van der Waals surface area (Å²) in [5.41, 5.74) is 2.16. The predicted octanol–water partition coefficient (Wildman–Crippen LogP) is 3.32. The molecule has 0 spiro atoms. The van der Waals surface area contributed by atoms with Gasteiger partial charge in [0.25, 0.3) is 0 Å². The van der Waals surface area contributed by atoms with E-state index in [2.05, 4.69) is 38.0 Å². The van der Waals surface area contributed by atoms with Crippen molar-refractivity contribution in [1.29, 1.82) is 0 Å². The molecule has 84 valence electrons. The number of aromatic nitrogens is 3. The third-order valence-corrected chi connectivity index (χ3v) is 3.28. The lowest BCUT2D eigenvalue weighted by Gasteiger charge is -2.08. The fourth-order valence-corrected chi connectivity index (χ4v) is 2.27. The van der Waals surface area contributed by atoms with E-state index in [4.69, 9.17) is 0 Å². The maximum Gasteiger partial charge on any atom is 0.142 e. The van der Waals surface area contributed by atoms with Gasteiger partial charge >= 0.3 is 0 Å². The number of fused-ring (bicyclic) bond motifs is 1. The van der Waals surface area contributed by atoms with Crippen LogP contribution in [0.2, 0.25) is 0 Å². The number of hydrogen-bond acceptors (Lipinski definition) is 2. The molecule has 2 aromatic heterocycles. The Labute approximate surface area is 107 Å². The smallest absolute Gasteiger partial charge is 0.142 e. The number of para-hydroxylation sites is 1. The van der Waals surface area contributed by atoms with Crippen LogP contribution in [0.5, 0.6) is 0 Å². The molecule has 0 fully saturated rings. The lowest BCUT2D eigenvalue weighted by atomic mass is 10.1. The summed E-state index contributed by atoms with van der Waals surface area (Å²) in [6.45, 7) is 0. The average molecular weight is 288 g/mol. The Morgan fingerprint density at radius 3 is 2.88 bits per heavy atom. The highest BCUT2D eigenvalue weighted by Gasteiger charge is 2.07. The van der Waals surface area contributed by atoms with Gasteiger partial charge in [-0.3, -0.25) is 4.57 Å². The van der Waals surface area contributed by atoms with Crippen LogP contribution in [0.3, 0.4) is 0 Å². The maximum absolute atomic E-state index is 4.68. The van der Waals surface area contributed by atoms with Gasteiger partial charge in [-0.2, -0.15) is 0 Å². The molecule has 4 heteroatoms. The molecule has 0 bridgehead atoms. The SMILES string of the molecule is BrCc1cc2ccccc2nc1-n1ccnc1. The molecule has 0 atom stereocenters. The summed E-state index contributed by atoms with van der Waals surface area (Å²) < 4.78 is 1.93. The molecule has 3 aromatic rings. The van der Waals surface area contributed by atoms with Gasteiger partial charge in [0.2, 0.25) is 0 Å². The molecule has 3 rings (SSSR count). The molecule has 17 heavy (non-hydrogen) atoms. The van der Waals surface area contributed by atoms with Crippen LogP contribution in [0.15, 0.2) is 49.1 Å². The Bertz CT molecular complexity index is 647. The molecule has 0 amide bonds. The summed E-state index contributed by atoms with van der Waals surface area (Å²) >= 11 is 3.51. The molecular formula is C13H10BrN3. The second kappa shape index (κ2) is 4.30. The van der Waals surface area contributed by atoms with Crippen molar-refractivity contribution in [2.45, 2.75) is 5.33 Å². The normalized spacial score (nSPS) is 10.9. The number of nitrogens with zero attached hydrogens (tertiary/aromatic N) is 3. The van der Waals surface area contributed by atoms with Crippen LogP contribution in [0.4, 0.5) is 0 Å². The average Bonchev–Trinajstić information content (AvgIpc) is 2.91. The van der Waals surface area contributed by atoms with E-state index in [0.29, 0.717) is 0 Å². The van der Waals surface area contributed by atoms with Crippen molar-refractivity contribution in [3.8, 4) is 5.82 Å². The highest BCUT2D eigenvalue weighted by Crippen LogP contribution is 2.21. The lowest BCUT2D eigenvalue weighted by Crippen LogP contribution is -1.99. The molecule has 0 unspecified atom stereocenters. The summed E-state index contributed by atoms with van der Waals surface area (Å²) in [7, 11) is 0. The van der Waals surface area contributed by atoms with E-state index >= 15 is 0 Å². The van der Waals surface area contributed by atoms with Crippen molar-refractivity contribution >= 4 is 26.8 Å². The van der Waals surface area contributed by atoms with E-state index in [-0.39, 0.29) is 0 Å². The Hall–Kier alpha value is -1.68. The number of rotatable bonds is 2. The first-order valence-electron chi connectivity index (χ1n) is 5.31. The van der Waals surface area contributed by atoms with Crippen molar-refractivity contribution < 1.29 is 0 Å². The van der Waals surface area contributed by atoms with Crippen molar-refractivity contribution in [3.05, 3.63) is 54.6 Å². The standard InChI is InChI=1S/C13H10BrN3/c14-8-11-7-10-3-1-2-4-12(10)16-13(11)17-6-5-15-9-17/h1-7,9H,8H2. The molecule has 0 aliphatic carbocycles. The topological polar surface area (TPSA) is 30.7 Å². The highest BCUT2D eigenvalue weighted by atomic mass is 79.9. The molecule has 0 aliphatic heterocycles. The first-order valence-corrected chi connectivity index (χ1v) is 6.43. The third-order valence-electron chi connectivity index (χ3n) is 2.67. The predicted molar refractivity (Wildman–Crippen MR) is 71.5 cm³/mol. The Kier molecular flexibility index (Phi) is 2.65. The van der Waals surface area contributed by atoms with Crippen LogP contribution in [0, 0.1) is 0 Å². The monoisotopic (exact) mass is 287 g/mol. The number of hydrogen-bond donors (Lipinski definition) is 0. The second-order valence-electron chi connectivity index (χ2n) is 3.77. The van der Waals surface area contributed by atoms with Gasteiger partial charge < -0.3 is 0 Å². The van der Waals surface area contributed by atoms with Crippen molar-refractivity contribution in [2.75, 3.05) is 0 Å². The molecule has 0 N–H and O–H groups in total. The fraction of sp³-hybridized carbons (Fsp3) is 0.0769. The van der Waals surface area contributed by atoms with Gasteiger partial charge in [-0.25, -0.2) is 9.97 Å². The minimum Gasteiger partial charge on any atom is -0.290 e. The Morgan fingerprint density at radius 1 is 1.24 bits per heavy atom. The van der Waals surface area contributed by atoms with Crippen molar-refractivity contribution in [1.82, 2.24) is 14.5 Å². The number of benzene rings is 1. The van der Waals surface area contributed by atoms with Gasteiger partial charge in [-0.05, 0) is 12.1 Å². The highest BCUT2D eigenvalue weighted by molar-refractivity contribution is 9.08. The maximum atomic E-state index is 4.68. The van der Waals surface area contributed by atoms with Crippen LogP contribution in [-0.4, -0.2) is 14.5 Å². The van der Waals surface area contributed by atoms with E-state index in [1.165, 1.54) is 0 Å². The van der Waals surface area contributed by atoms with Crippen LogP contribution in [0.1, 0.15) is 5.56 Å². The first kappa shape index (κ1) is 10.5. The zero-order valence-corrected chi connectivity index (χ0v) is 10.6. The summed E-state index contributed by atoms with van der Waals surface area (Å²) in [5.74, 6) is 0.929. The largest absolute Gasteiger partial charge is 0.290 e. The number of halogens is 1. The molecule has 0 radical (unpaired) electrons. The zero-order valence-electron chi connectivity index (χ0n) is 9.05. The van der Waals surface area contributed by atoms with E-state index in [1.54, 1.807) is 12.5 Å². The summed E-state index contributed by atoms with van der Waals surface area (Å²) in [5, 5.41) is 1.93. The molecule has 3 nitrogen and oxygen atoms in total. The summed E-state index contributed by atoms with van der Waals surface area (Å²) in [6, 6.07) is 10.3. The zero-order chi connectivity index (χ0) is 11.7. The van der Waals surface area contributed by atoms with Crippen LogP contribution < -0.4 is 0 Å². The van der Waals surface area contributed by atoms with E-state index < -0.39 is 0 Å². The Balaban J connectivity index is 2.29. The number of pyridine rings is 1. The van der Waals surface area contributed by atoms with Gasteiger partial charge in [-0.1, -0.05) is 34.1 Å². The van der Waals surface area contributed by atoms with Crippen molar-refractivity contribution in [3.63, 3.8) is 0 Å². The van der Waals surface area contributed by atoms with E-state index in [0.717, 1.165) is 27.6 Å². The molecule has 0 saturated carbocycles. The molecule has 2 heterocycles. The van der Waals surface area contributed by atoms with Crippen molar-refractivity contribution in [2.24, 2.45) is 0 Å². The molecular weight excluding hydrogens is 278 g/mol. The van der Waals surface area contributed by atoms with Crippen LogP contribution >= 0.6 is 15.9 Å². The van der Waals surface area contributed by atoms with Gasteiger partial charge in [-0.15, -0.1) is 0 Å². The second-order valence-corrected chi connectivity index (χ2v) is 4.33. The minimum atomic E-state index is 0.776. The third kappa shape index (κ3) is 1.85. The first-order chi connectivity index (χ1) is 8.38. The Morgan fingerprint density at radius 2 is 2.12 bits per heavy atom. The number of alkyl halides is 1. The number of imidazole rings is 1. The minimum absolute atomic E-state index is 0.776.